The van der Waals surface area contributed by atoms with Gasteiger partial charge in [0.05, 0.1) is 5.92 Å². The third-order valence-electron chi connectivity index (χ3n) is 3.81. The summed E-state index contributed by atoms with van der Waals surface area (Å²) >= 11 is 1.37. The first kappa shape index (κ1) is 14.7. The van der Waals surface area contributed by atoms with Crippen molar-refractivity contribution in [2.45, 2.75) is 20.3 Å². The van der Waals surface area contributed by atoms with E-state index in [-0.39, 0.29) is 24.2 Å². The highest BCUT2D eigenvalue weighted by Gasteiger charge is 2.35. The molecule has 1 fully saturated rings. The number of aromatic nitrogens is 1. The highest BCUT2D eigenvalue weighted by molar-refractivity contribution is 7.13. The topological polar surface area (TPSA) is 62.3 Å². The zero-order valence-corrected chi connectivity index (χ0v) is 13.3. The molecule has 1 aromatic carbocycles. The van der Waals surface area contributed by atoms with E-state index in [9.17, 15) is 9.59 Å². The molecule has 6 heteroatoms. The Hall–Kier alpha value is -2.21. The fourth-order valence-corrected chi connectivity index (χ4v) is 3.15. The molecule has 3 rings (SSSR count). The van der Waals surface area contributed by atoms with Crippen LogP contribution in [0.1, 0.15) is 17.5 Å². The van der Waals surface area contributed by atoms with Crippen LogP contribution in [-0.2, 0) is 9.59 Å². The molecule has 1 aliphatic heterocycles. The third kappa shape index (κ3) is 2.87. The smallest absolute Gasteiger partial charge is 0.231 e. The molecule has 1 aromatic heterocycles. The fourth-order valence-electron chi connectivity index (χ4n) is 2.62. The second-order valence-corrected chi connectivity index (χ2v) is 6.42. The van der Waals surface area contributed by atoms with Gasteiger partial charge in [0.2, 0.25) is 11.8 Å². The number of nitrogens with one attached hydrogen (secondary N) is 1. The maximum Gasteiger partial charge on any atom is 0.231 e. The number of thiazole rings is 1. The number of rotatable bonds is 3. The first-order chi connectivity index (χ1) is 10.5. The number of hydrogen-bond acceptors (Lipinski definition) is 4. The van der Waals surface area contributed by atoms with E-state index in [2.05, 4.69) is 10.3 Å². The Morgan fingerprint density at radius 1 is 1.41 bits per heavy atom. The van der Waals surface area contributed by atoms with Crippen LogP contribution in [0.3, 0.4) is 0 Å². The molecule has 0 unspecified atom stereocenters. The van der Waals surface area contributed by atoms with E-state index in [1.807, 2.05) is 32.0 Å². The molecule has 114 valence electrons. The van der Waals surface area contributed by atoms with Crippen LogP contribution in [0.2, 0.25) is 0 Å². The molecule has 1 atom stereocenters. The number of hydrogen-bond donors (Lipinski definition) is 1. The number of aryl methyl sites for hydroxylation is 2. The van der Waals surface area contributed by atoms with E-state index in [1.54, 1.807) is 16.5 Å². The molecule has 2 aromatic rings. The van der Waals surface area contributed by atoms with Crippen LogP contribution in [0.4, 0.5) is 10.8 Å². The van der Waals surface area contributed by atoms with Crippen molar-refractivity contribution in [2.24, 2.45) is 5.92 Å². The van der Waals surface area contributed by atoms with Gasteiger partial charge >= 0.3 is 0 Å². The molecule has 22 heavy (non-hydrogen) atoms. The first-order valence-corrected chi connectivity index (χ1v) is 8.00. The van der Waals surface area contributed by atoms with Crippen LogP contribution in [-0.4, -0.2) is 23.3 Å². The Labute approximate surface area is 133 Å². The van der Waals surface area contributed by atoms with Gasteiger partial charge in [-0.15, -0.1) is 11.3 Å². The van der Waals surface area contributed by atoms with Crippen molar-refractivity contribution in [3.63, 3.8) is 0 Å². The second kappa shape index (κ2) is 5.88. The average molecular weight is 315 g/mol. The van der Waals surface area contributed by atoms with E-state index in [0.717, 1.165) is 16.8 Å². The summed E-state index contributed by atoms with van der Waals surface area (Å²) in [6.07, 6.45) is 1.88. The second-order valence-electron chi connectivity index (χ2n) is 5.52. The Morgan fingerprint density at radius 3 is 2.95 bits per heavy atom. The summed E-state index contributed by atoms with van der Waals surface area (Å²) < 4.78 is 0. The minimum absolute atomic E-state index is 0.00649. The SMILES string of the molecule is Cc1ccc(C)c(N2C[C@@H](C(=O)Nc3nccs3)CC2=O)c1. The van der Waals surface area contributed by atoms with Crippen LogP contribution in [0.25, 0.3) is 0 Å². The molecule has 5 nitrogen and oxygen atoms in total. The molecule has 1 N–H and O–H groups in total. The number of anilines is 2. The standard InChI is InChI=1S/C16H17N3O2S/c1-10-3-4-11(2)13(7-10)19-9-12(8-14(19)20)15(21)18-16-17-5-6-22-16/h3-7,12H,8-9H2,1-2H3,(H,17,18,21)/t12-/m0/s1. The number of benzene rings is 1. The van der Waals surface area contributed by atoms with Gasteiger partial charge in [-0.1, -0.05) is 12.1 Å². The van der Waals surface area contributed by atoms with Crippen molar-refractivity contribution >= 4 is 34.0 Å². The minimum Gasteiger partial charge on any atom is -0.311 e. The summed E-state index contributed by atoms with van der Waals surface area (Å²) in [4.78, 5) is 30.3. The van der Waals surface area contributed by atoms with Gasteiger partial charge in [0.1, 0.15) is 0 Å². The van der Waals surface area contributed by atoms with Crippen LogP contribution in [0.15, 0.2) is 29.8 Å². The molecule has 2 amide bonds. The van der Waals surface area contributed by atoms with Gasteiger partial charge in [0.15, 0.2) is 5.13 Å². The van der Waals surface area contributed by atoms with E-state index < -0.39 is 0 Å². The number of carbonyl (C=O) groups excluding carboxylic acids is 2. The molecular formula is C16H17N3O2S. The monoisotopic (exact) mass is 315 g/mol. The van der Waals surface area contributed by atoms with Gasteiger partial charge < -0.3 is 10.2 Å². The average Bonchev–Trinajstić information content (AvgIpc) is 3.11. The molecule has 2 heterocycles. The van der Waals surface area contributed by atoms with Crippen molar-refractivity contribution < 1.29 is 9.59 Å². The third-order valence-corrected chi connectivity index (χ3v) is 4.50. The largest absolute Gasteiger partial charge is 0.311 e. The predicted molar refractivity (Wildman–Crippen MR) is 87.1 cm³/mol. The maximum absolute atomic E-state index is 12.3. The van der Waals surface area contributed by atoms with Crippen LogP contribution in [0.5, 0.6) is 0 Å². The fraction of sp³-hybridized carbons (Fsp3) is 0.312. The Kier molecular flexibility index (Phi) is 3.94. The molecule has 0 aliphatic carbocycles. The Balaban J connectivity index is 1.75. The summed E-state index contributed by atoms with van der Waals surface area (Å²) in [6, 6.07) is 6.02. The summed E-state index contributed by atoms with van der Waals surface area (Å²) in [5.41, 5.74) is 3.04. The van der Waals surface area contributed by atoms with Crippen LogP contribution >= 0.6 is 11.3 Å². The lowest BCUT2D eigenvalue weighted by Gasteiger charge is -2.19. The number of amides is 2. The zero-order chi connectivity index (χ0) is 15.7. The van der Waals surface area contributed by atoms with Gasteiger partial charge in [-0.2, -0.15) is 0 Å². The summed E-state index contributed by atoms with van der Waals surface area (Å²) in [6.45, 7) is 4.39. The number of nitrogens with zero attached hydrogens (tertiary/aromatic N) is 2. The normalized spacial score (nSPS) is 17.8. The quantitative estimate of drug-likeness (QED) is 0.947. The van der Waals surface area contributed by atoms with E-state index in [4.69, 9.17) is 0 Å². The van der Waals surface area contributed by atoms with Gasteiger partial charge in [-0.3, -0.25) is 9.59 Å². The van der Waals surface area contributed by atoms with E-state index in [1.165, 1.54) is 11.3 Å². The first-order valence-electron chi connectivity index (χ1n) is 7.12. The molecule has 0 bridgehead atoms. The summed E-state index contributed by atoms with van der Waals surface area (Å²) in [7, 11) is 0. The van der Waals surface area contributed by atoms with Crippen molar-refractivity contribution in [1.29, 1.82) is 0 Å². The van der Waals surface area contributed by atoms with Crippen LogP contribution in [0, 0.1) is 19.8 Å². The maximum atomic E-state index is 12.3. The van der Waals surface area contributed by atoms with Crippen molar-refractivity contribution in [2.75, 3.05) is 16.8 Å². The molecule has 0 radical (unpaired) electrons. The Morgan fingerprint density at radius 2 is 2.23 bits per heavy atom. The zero-order valence-electron chi connectivity index (χ0n) is 12.5. The molecule has 1 saturated heterocycles. The molecule has 0 spiro atoms. The van der Waals surface area contributed by atoms with Crippen LogP contribution < -0.4 is 10.2 Å². The van der Waals surface area contributed by atoms with Gasteiger partial charge in [-0.05, 0) is 31.0 Å². The van der Waals surface area contributed by atoms with Gasteiger partial charge in [-0.25, -0.2) is 4.98 Å². The number of carbonyl (C=O) groups is 2. The van der Waals surface area contributed by atoms with Gasteiger partial charge in [0, 0.05) is 30.2 Å². The lowest BCUT2D eigenvalue weighted by atomic mass is 10.1. The van der Waals surface area contributed by atoms with Crippen molar-refractivity contribution in [1.82, 2.24) is 4.98 Å². The lowest BCUT2D eigenvalue weighted by Crippen LogP contribution is -2.28. The minimum atomic E-state index is -0.337. The van der Waals surface area contributed by atoms with Crippen molar-refractivity contribution in [3.8, 4) is 0 Å². The summed E-state index contributed by atoms with van der Waals surface area (Å²) in [5.74, 6) is -0.486. The van der Waals surface area contributed by atoms with Gasteiger partial charge in [0.25, 0.3) is 0 Å². The van der Waals surface area contributed by atoms with E-state index in [0.29, 0.717) is 11.7 Å². The van der Waals surface area contributed by atoms with Crippen molar-refractivity contribution in [3.05, 3.63) is 40.9 Å². The predicted octanol–water partition coefficient (Wildman–Crippen LogP) is 2.75. The lowest BCUT2D eigenvalue weighted by molar-refractivity contribution is -0.122. The highest BCUT2D eigenvalue weighted by atomic mass is 32.1. The summed E-state index contributed by atoms with van der Waals surface area (Å²) in [5, 5.41) is 5.15. The Bertz CT molecular complexity index is 712. The molecule has 0 saturated carbocycles. The molecular weight excluding hydrogens is 298 g/mol. The highest BCUT2D eigenvalue weighted by Crippen LogP contribution is 2.29. The van der Waals surface area contributed by atoms with E-state index >= 15 is 0 Å². The molecule has 1 aliphatic rings.